The minimum absolute atomic E-state index is 0.0917. The molecule has 15 heavy (non-hydrogen) atoms. The maximum atomic E-state index is 8.54. The van der Waals surface area contributed by atoms with Crippen LogP contribution in [0, 0.1) is 22.7 Å². The summed E-state index contributed by atoms with van der Waals surface area (Å²) < 4.78 is 0. The molecule has 0 fully saturated rings. The lowest BCUT2D eigenvalue weighted by atomic mass is 10.2. The fourth-order valence-electron chi connectivity index (χ4n) is 1.03. The lowest BCUT2D eigenvalue weighted by molar-refractivity contribution is 0.795. The third-order valence-corrected chi connectivity index (χ3v) is 1.82. The number of nitrogens with zero attached hydrogens (tertiary/aromatic N) is 2. The molecule has 0 spiro atoms. The molecule has 1 rings (SSSR count). The Hall–Kier alpha value is -2.46. The highest BCUT2D eigenvalue weighted by molar-refractivity contribution is 5.38. The Morgan fingerprint density at radius 3 is 2.33 bits per heavy atom. The van der Waals surface area contributed by atoms with E-state index >= 15 is 0 Å². The molecule has 1 aromatic rings. The van der Waals surface area contributed by atoms with Crippen molar-refractivity contribution in [3.63, 3.8) is 0 Å². The van der Waals surface area contributed by atoms with Crippen molar-refractivity contribution in [2.24, 2.45) is 5.73 Å². The fourth-order valence-corrected chi connectivity index (χ4v) is 1.03. The molecule has 74 valence electrons. The van der Waals surface area contributed by atoms with Crippen molar-refractivity contribution in [3.05, 3.63) is 47.3 Å². The molecule has 0 heterocycles. The summed E-state index contributed by atoms with van der Waals surface area (Å²) in [6, 6.07) is 13.0. The highest BCUT2D eigenvalue weighted by atomic mass is 15.0. The molecule has 4 nitrogen and oxygen atoms in total. The number of hydrogen-bond acceptors (Lipinski definition) is 4. The van der Waals surface area contributed by atoms with Gasteiger partial charge in [0.1, 0.15) is 18.0 Å². The van der Waals surface area contributed by atoms with Gasteiger partial charge in [-0.25, -0.2) is 0 Å². The number of nitrogens with one attached hydrogen (secondary N) is 1. The minimum Gasteiger partial charge on any atom is -0.384 e. The summed E-state index contributed by atoms with van der Waals surface area (Å²) in [5.74, 6) is 0.115. The molecule has 0 aliphatic rings. The second kappa shape index (κ2) is 5.31. The Morgan fingerprint density at radius 1 is 1.20 bits per heavy atom. The number of benzene rings is 1. The number of rotatable bonds is 3. The van der Waals surface area contributed by atoms with Crippen LogP contribution in [0.25, 0.3) is 0 Å². The van der Waals surface area contributed by atoms with E-state index in [1.807, 2.05) is 30.3 Å². The molecule has 0 aliphatic heterocycles. The summed E-state index contributed by atoms with van der Waals surface area (Å²) in [6.07, 6.45) is 0. The number of allylic oxidation sites excluding steroid dienone is 1. The van der Waals surface area contributed by atoms with Gasteiger partial charge in [0.25, 0.3) is 0 Å². The van der Waals surface area contributed by atoms with Gasteiger partial charge in [-0.3, -0.25) is 0 Å². The van der Waals surface area contributed by atoms with Crippen molar-refractivity contribution in [2.75, 3.05) is 0 Å². The summed E-state index contributed by atoms with van der Waals surface area (Å²) in [5.41, 5.74) is 6.46. The largest absolute Gasteiger partial charge is 0.384 e. The Kier molecular flexibility index (Phi) is 3.76. The first-order valence-electron chi connectivity index (χ1n) is 4.35. The zero-order valence-electron chi connectivity index (χ0n) is 8.07. The van der Waals surface area contributed by atoms with Gasteiger partial charge in [0.15, 0.2) is 5.57 Å². The van der Waals surface area contributed by atoms with Gasteiger partial charge >= 0.3 is 0 Å². The molecule has 3 N–H and O–H groups in total. The van der Waals surface area contributed by atoms with Gasteiger partial charge in [0.05, 0.1) is 0 Å². The van der Waals surface area contributed by atoms with E-state index in [0.29, 0.717) is 6.54 Å². The predicted octanol–water partition coefficient (Wildman–Crippen LogP) is 0.994. The van der Waals surface area contributed by atoms with Crippen molar-refractivity contribution in [1.82, 2.24) is 5.32 Å². The van der Waals surface area contributed by atoms with Gasteiger partial charge in [-0.05, 0) is 5.56 Å². The molecule has 0 bridgehead atoms. The highest BCUT2D eigenvalue weighted by Crippen LogP contribution is 1.99. The van der Waals surface area contributed by atoms with E-state index in [2.05, 4.69) is 5.32 Å². The summed E-state index contributed by atoms with van der Waals surface area (Å²) in [7, 11) is 0. The van der Waals surface area contributed by atoms with Gasteiger partial charge in [-0.15, -0.1) is 0 Å². The van der Waals surface area contributed by atoms with Crippen LogP contribution in [-0.2, 0) is 6.54 Å². The van der Waals surface area contributed by atoms with Crippen LogP contribution >= 0.6 is 0 Å². The van der Waals surface area contributed by atoms with Crippen molar-refractivity contribution in [1.29, 1.82) is 10.5 Å². The number of nitrogens with two attached hydrogens (primary N) is 1. The fraction of sp³-hybridized carbons (Fsp3) is 0.0909. The molecule has 0 unspecified atom stereocenters. The summed E-state index contributed by atoms with van der Waals surface area (Å²) in [6.45, 7) is 0.500. The number of hydrogen-bond donors (Lipinski definition) is 2. The molecule has 0 radical (unpaired) electrons. The smallest absolute Gasteiger partial charge is 0.169 e. The van der Waals surface area contributed by atoms with Crippen LogP contribution in [0.3, 0.4) is 0 Å². The third kappa shape index (κ3) is 3.06. The van der Waals surface area contributed by atoms with Crippen molar-refractivity contribution in [3.8, 4) is 12.1 Å². The maximum Gasteiger partial charge on any atom is 0.169 e. The second-order valence-corrected chi connectivity index (χ2v) is 2.85. The van der Waals surface area contributed by atoms with Crippen molar-refractivity contribution < 1.29 is 0 Å². The van der Waals surface area contributed by atoms with E-state index < -0.39 is 0 Å². The summed E-state index contributed by atoms with van der Waals surface area (Å²) in [4.78, 5) is 0. The van der Waals surface area contributed by atoms with E-state index in [4.69, 9.17) is 16.3 Å². The van der Waals surface area contributed by atoms with E-state index in [9.17, 15) is 0 Å². The zero-order valence-corrected chi connectivity index (χ0v) is 8.07. The minimum atomic E-state index is -0.0917. The quantitative estimate of drug-likeness (QED) is 0.709. The SMILES string of the molecule is N#CC(C#N)=C(N)NCc1ccccc1. The van der Waals surface area contributed by atoms with Crippen LogP contribution in [0.4, 0.5) is 0 Å². The Bertz CT molecular complexity index is 418. The van der Waals surface area contributed by atoms with Gasteiger partial charge < -0.3 is 11.1 Å². The average Bonchev–Trinajstić information content (AvgIpc) is 2.29. The predicted molar refractivity (Wildman–Crippen MR) is 55.7 cm³/mol. The Balaban J connectivity index is 2.64. The van der Waals surface area contributed by atoms with Crippen LogP contribution in [0.2, 0.25) is 0 Å². The molecule has 0 aliphatic carbocycles. The molecule has 0 saturated carbocycles. The van der Waals surface area contributed by atoms with Crippen LogP contribution in [0.1, 0.15) is 5.56 Å². The molecule has 0 aromatic heterocycles. The topological polar surface area (TPSA) is 85.6 Å². The first kappa shape index (κ1) is 10.6. The van der Waals surface area contributed by atoms with Crippen LogP contribution < -0.4 is 11.1 Å². The Labute approximate surface area is 88.2 Å². The average molecular weight is 198 g/mol. The first-order chi connectivity index (χ1) is 7.27. The van der Waals surface area contributed by atoms with Crippen molar-refractivity contribution in [2.45, 2.75) is 6.54 Å². The van der Waals surface area contributed by atoms with E-state index in [-0.39, 0.29) is 11.4 Å². The zero-order chi connectivity index (χ0) is 11.1. The van der Waals surface area contributed by atoms with E-state index in [0.717, 1.165) is 5.56 Å². The lowest BCUT2D eigenvalue weighted by Gasteiger charge is -2.05. The van der Waals surface area contributed by atoms with E-state index in [1.165, 1.54) is 0 Å². The van der Waals surface area contributed by atoms with Gasteiger partial charge in [-0.1, -0.05) is 30.3 Å². The summed E-state index contributed by atoms with van der Waals surface area (Å²) >= 11 is 0. The molecule has 1 aromatic carbocycles. The van der Waals surface area contributed by atoms with Crippen LogP contribution in [0.5, 0.6) is 0 Å². The van der Waals surface area contributed by atoms with E-state index in [1.54, 1.807) is 12.1 Å². The standard InChI is InChI=1S/C11H10N4/c12-6-10(7-13)11(14)15-8-9-4-2-1-3-5-9/h1-5,15H,8,14H2. The molecular weight excluding hydrogens is 188 g/mol. The monoisotopic (exact) mass is 198 g/mol. The third-order valence-electron chi connectivity index (χ3n) is 1.82. The number of nitriles is 2. The van der Waals surface area contributed by atoms with Gasteiger partial charge in [-0.2, -0.15) is 10.5 Å². The normalized spacial score (nSPS) is 8.40. The molecule has 4 heteroatoms. The van der Waals surface area contributed by atoms with Gasteiger partial charge in [0, 0.05) is 6.54 Å². The second-order valence-electron chi connectivity index (χ2n) is 2.85. The molecule has 0 saturated heterocycles. The molecule has 0 atom stereocenters. The van der Waals surface area contributed by atoms with Gasteiger partial charge in [0.2, 0.25) is 0 Å². The van der Waals surface area contributed by atoms with Crippen LogP contribution in [-0.4, -0.2) is 0 Å². The highest BCUT2D eigenvalue weighted by Gasteiger charge is 2.00. The Morgan fingerprint density at radius 2 is 1.80 bits per heavy atom. The molecule has 0 amide bonds. The molecular formula is C11H10N4. The summed E-state index contributed by atoms with van der Waals surface area (Å²) in [5, 5.41) is 19.9. The van der Waals surface area contributed by atoms with Crippen molar-refractivity contribution >= 4 is 0 Å². The first-order valence-corrected chi connectivity index (χ1v) is 4.35. The van der Waals surface area contributed by atoms with Crippen LogP contribution in [0.15, 0.2) is 41.7 Å². The maximum absolute atomic E-state index is 8.54. The lowest BCUT2D eigenvalue weighted by Crippen LogP contribution is -2.21.